The van der Waals surface area contributed by atoms with Crippen molar-refractivity contribution in [3.8, 4) is 5.75 Å². The Labute approximate surface area is 158 Å². The molecule has 0 saturated carbocycles. The number of hydrogen-bond acceptors (Lipinski definition) is 5. The van der Waals surface area contributed by atoms with Crippen LogP contribution in [0.2, 0.25) is 0 Å². The van der Waals surface area contributed by atoms with Crippen LogP contribution in [0.4, 0.5) is 5.69 Å². The number of methoxy groups -OCH3 is 1. The molecule has 1 fully saturated rings. The number of aliphatic hydroxyl groups is 1. The van der Waals surface area contributed by atoms with Crippen molar-refractivity contribution in [3.63, 3.8) is 0 Å². The van der Waals surface area contributed by atoms with Crippen molar-refractivity contribution < 1.29 is 19.4 Å². The largest absolute Gasteiger partial charge is 0.495 e. The minimum atomic E-state index is -0.464. The molecule has 0 aliphatic carbocycles. The normalized spacial score (nSPS) is 16.6. The number of benzene rings is 1. The van der Waals surface area contributed by atoms with E-state index < -0.39 is 5.92 Å². The summed E-state index contributed by atoms with van der Waals surface area (Å²) in [5.41, 5.74) is 0.665. The lowest BCUT2D eigenvalue weighted by Crippen LogP contribution is -2.39. The van der Waals surface area contributed by atoms with Gasteiger partial charge in [-0.05, 0) is 12.1 Å². The topological polar surface area (TPSA) is 87.9 Å². The summed E-state index contributed by atoms with van der Waals surface area (Å²) in [5, 5.41) is 9.36. The Morgan fingerprint density at radius 2 is 2.19 bits per heavy atom. The highest BCUT2D eigenvalue weighted by Gasteiger charge is 2.38. The Balaban J connectivity index is 1.76. The number of carbonyl (C=O) groups excluding carboxylic acids is 2. The molecule has 2 aromatic rings. The molecule has 8 nitrogen and oxygen atoms in total. The predicted molar refractivity (Wildman–Crippen MR) is 99.2 cm³/mol. The number of aryl methyl sites for hydroxylation is 1. The number of aliphatic hydroxyl groups excluding tert-OH is 1. The van der Waals surface area contributed by atoms with Crippen molar-refractivity contribution in [2.45, 2.75) is 13.0 Å². The Hall–Kier alpha value is -2.87. The van der Waals surface area contributed by atoms with E-state index in [0.717, 1.165) is 5.82 Å². The molecule has 1 aliphatic rings. The van der Waals surface area contributed by atoms with Gasteiger partial charge >= 0.3 is 0 Å². The van der Waals surface area contributed by atoms with Crippen LogP contribution in [0.1, 0.15) is 12.2 Å². The fraction of sp³-hybridized carbons (Fsp3) is 0.421. The van der Waals surface area contributed by atoms with Crippen molar-refractivity contribution >= 4 is 17.5 Å². The number of aromatic nitrogens is 2. The third-order valence-corrected chi connectivity index (χ3v) is 4.79. The van der Waals surface area contributed by atoms with Crippen molar-refractivity contribution in [2.75, 3.05) is 31.7 Å². The third-order valence-electron chi connectivity index (χ3n) is 4.79. The maximum Gasteiger partial charge on any atom is 0.228 e. The van der Waals surface area contributed by atoms with Gasteiger partial charge in [-0.15, -0.1) is 0 Å². The van der Waals surface area contributed by atoms with Gasteiger partial charge in [0.05, 0.1) is 31.9 Å². The first kappa shape index (κ1) is 18.9. The lowest BCUT2D eigenvalue weighted by Gasteiger charge is -2.25. The Bertz CT molecular complexity index is 820. The van der Waals surface area contributed by atoms with E-state index in [0.29, 0.717) is 24.5 Å². The van der Waals surface area contributed by atoms with Crippen LogP contribution in [0.25, 0.3) is 0 Å². The van der Waals surface area contributed by atoms with Gasteiger partial charge in [-0.25, -0.2) is 4.98 Å². The zero-order valence-electron chi connectivity index (χ0n) is 15.5. The Kier molecular flexibility index (Phi) is 5.75. The quantitative estimate of drug-likeness (QED) is 0.777. The lowest BCUT2D eigenvalue weighted by molar-refractivity contribution is -0.137. The van der Waals surface area contributed by atoms with Crippen LogP contribution < -0.4 is 9.64 Å². The molecule has 8 heteroatoms. The zero-order chi connectivity index (χ0) is 19.4. The second-order valence-corrected chi connectivity index (χ2v) is 6.52. The minimum Gasteiger partial charge on any atom is -0.495 e. The fourth-order valence-electron chi connectivity index (χ4n) is 3.32. The molecule has 3 rings (SSSR count). The molecule has 0 radical (unpaired) electrons. The van der Waals surface area contributed by atoms with E-state index in [4.69, 9.17) is 4.74 Å². The van der Waals surface area contributed by atoms with Crippen LogP contribution in [-0.4, -0.2) is 58.2 Å². The molecule has 2 heterocycles. The maximum atomic E-state index is 13.0. The summed E-state index contributed by atoms with van der Waals surface area (Å²) in [7, 11) is 3.41. The molecule has 0 spiro atoms. The Morgan fingerprint density at radius 1 is 1.41 bits per heavy atom. The third kappa shape index (κ3) is 3.95. The van der Waals surface area contributed by atoms with Gasteiger partial charge in [-0.3, -0.25) is 9.59 Å². The molecule has 2 amide bonds. The summed E-state index contributed by atoms with van der Waals surface area (Å²) < 4.78 is 7.17. The number of carbonyl (C=O) groups is 2. The first-order valence-electron chi connectivity index (χ1n) is 8.84. The molecule has 0 bridgehead atoms. The van der Waals surface area contributed by atoms with E-state index in [-0.39, 0.29) is 31.4 Å². The van der Waals surface area contributed by atoms with Crippen LogP contribution >= 0.6 is 0 Å². The highest BCUT2D eigenvalue weighted by atomic mass is 16.5. The molecule has 1 N–H and O–H groups in total. The average molecular weight is 372 g/mol. The number of imidazole rings is 1. The highest BCUT2D eigenvalue weighted by molar-refractivity contribution is 6.01. The van der Waals surface area contributed by atoms with Gasteiger partial charge in [0, 0.05) is 39.0 Å². The molecule has 144 valence electrons. The number of rotatable bonds is 7. The summed E-state index contributed by atoms with van der Waals surface area (Å²) in [5.74, 6) is 0.590. The lowest BCUT2D eigenvalue weighted by atomic mass is 10.1. The molecule has 27 heavy (non-hydrogen) atoms. The standard InChI is InChI=1S/C19H24N4O4/c1-21-8-7-20-17(21)13-22(9-10-24)19(26)14-11-18(25)23(12-14)15-5-3-4-6-16(15)27-2/h3-8,14,24H,9-13H2,1-2H3. The van der Waals surface area contributed by atoms with Gasteiger partial charge < -0.3 is 24.2 Å². The molecular weight excluding hydrogens is 348 g/mol. The van der Waals surface area contributed by atoms with Crippen molar-refractivity contribution in [2.24, 2.45) is 13.0 Å². The van der Waals surface area contributed by atoms with E-state index >= 15 is 0 Å². The minimum absolute atomic E-state index is 0.112. The van der Waals surface area contributed by atoms with E-state index in [2.05, 4.69) is 4.98 Å². The van der Waals surface area contributed by atoms with Gasteiger partial charge in [-0.1, -0.05) is 12.1 Å². The number of para-hydroxylation sites is 2. The van der Waals surface area contributed by atoms with Gasteiger partial charge in [0.2, 0.25) is 11.8 Å². The summed E-state index contributed by atoms with van der Waals surface area (Å²) in [6, 6.07) is 7.26. The van der Waals surface area contributed by atoms with E-state index in [1.165, 1.54) is 0 Å². The summed E-state index contributed by atoms with van der Waals surface area (Å²) in [6.07, 6.45) is 3.61. The van der Waals surface area contributed by atoms with Gasteiger partial charge in [-0.2, -0.15) is 0 Å². The predicted octanol–water partition coefficient (Wildman–Crippen LogP) is 0.803. The molecular formula is C19H24N4O4. The smallest absolute Gasteiger partial charge is 0.228 e. The maximum absolute atomic E-state index is 13.0. The van der Waals surface area contributed by atoms with Crippen LogP contribution in [0.5, 0.6) is 5.75 Å². The molecule has 1 aromatic carbocycles. The van der Waals surface area contributed by atoms with E-state index in [1.54, 1.807) is 35.4 Å². The summed E-state index contributed by atoms with van der Waals surface area (Å²) in [6.45, 7) is 0.640. The second kappa shape index (κ2) is 8.22. The van der Waals surface area contributed by atoms with Gasteiger partial charge in [0.15, 0.2) is 0 Å². The zero-order valence-corrected chi connectivity index (χ0v) is 15.5. The van der Waals surface area contributed by atoms with Gasteiger partial charge in [0.25, 0.3) is 0 Å². The van der Waals surface area contributed by atoms with Crippen molar-refractivity contribution in [1.29, 1.82) is 0 Å². The molecule has 1 unspecified atom stereocenters. The molecule has 1 aliphatic heterocycles. The van der Waals surface area contributed by atoms with Crippen LogP contribution in [0, 0.1) is 5.92 Å². The Morgan fingerprint density at radius 3 is 2.85 bits per heavy atom. The first-order chi connectivity index (χ1) is 13.0. The summed E-state index contributed by atoms with van der Waals surface area (Å²) >= 11 is 0. The molecule has 1 saturated heterocycles. The number of anilines is 1. The fourth-order valence-corrected chi connectivity index (χ4v) is 3.32. The van der Waals surface area contributed by atoms with Crippen molar-refractivity contribution in [1.82, 2.24) is 14.5 Å². The van der Waals surface area contributed by atoms with Crippen molar-refractivity contribution in [3.05, 3.63) is 42.5 Å². The van der Waals surface area contributed by atoms with Crippen LogP contribution in [-0.2, 0) is 23.2 Å². The van der Waals surface area contributed by atoms with E-state index in [9.17, 15) is 14.7 Å². The van der Waals surface area contributed by atoms with Crippen LogP contribution in [0.15, 0.2) is 36.7 Å². The van der Waals surface area contributed by atoms with E-state index in [1.807, 2.05) is 29.8 Å². The molecule has 1 aromatic heterocycles. The van der Waals surface area contributed by atoms with Gasteiger partial charge in [0.1, 0.15) is 11.6 Å². The number of amides is 2. The van der Waals surface area contributed by atoms with Crippen LogP contribution in [0.3, 0.4) is 0 Å². The first-order valence-corrected chi connectivity index (χ1v) is 8.84. The summed E-state index contributed by atoms with van der Waals surface area (Å²) in [4.78, 5) is 33.0. The average Bonchev–Trinajstić information content (AvgIpc) is 3.26. The SMILES string of the molecule is COc1ccccc1N1CC(C(=O)N(CCO)Cc2nccn2C)CC1=O. The number of ether oxygens (including phenoxy) is 1. The number of nitrogens with zero attached hydrogens (tertiary/aromatic N) is 4. The monoisotopic (exact) mass is 372 g/mol. The number of hydrogen-bond donors (Lipinski definition) is 1. The molecule has 1 atom stereocenters. The highest BCUT2D eigenvalue weighted by Crippen LogP contribution is 2.33. The second-order valence-electron chi connectivity index (χ2n) is 6.52.